The highest BCUT2D eigenvalue weighted by Gasteiger charge is 2.14. The lowest BCUT2D eigenvalue weighted by Gasteiger charge is -2.10. The molecule has 0 atom stereocenters. The molecule has 0 aliphatic heterocycles. The molecule has 2 heteroatoms. The number of nitrogens with one attached hydrogen (secondary N) is 1. The van der Waals surface area contributed by atoms with Crippen LogP contribution in [-0.4, -0.2) is 4.98 Å². The molecule has 0 aliphatic rings. The quantitative estimate of drug-likeness (QED) is 0.348. The SMILES string of the molecule is Clc1cccc2c(-c3ccccc3)cc3c4ccccc4[nH]c3c12. The molecule has 1 N–H and O–H groups in total. The number of fused-ring (bicyclic) bond motifs is 5. The molecule has 5 rings (SSSR count). The fourth-order valence-corrected chi connectivity index (χ4v) is 3.86. The molecule has 4 aromatic carbocycles. The Bertz CT molecular complexity index is 1200. The maximum Gasteiger partial charge on any atom is 0.0560 e. The molecule has 0 bridgehead atoms. The third kappa shape index (κ3) is 1.88. The Morgan fingerprint density at radius 3 is 2.29 bits per heavy atom. The lowest BCUT2D eigenvalue weighted by atomic mass is 9.95. The van der Waals surface area contributed by atoms with E-state index in [0.29, 0.717) is 0 Å². The van der Waals surface area contributed by atoms with Gasteiger partial charge in [0.1, 0.15) is 0 Å². The second kappa shape index (κ2) is 5.12. The van der Waals surface area contributed by atoms with Crippen molar-refractivity contribution in [3.05, 3.63) is 83.9 Å². The van der Waals surface area contributed by atoms with Crippen molar-refractivity contribution in [2.45, 2.75) is 0 Å². The summed E-state index contributed by atoms with van der Waals surface area (Å²) in [5.41, 5.74) is 4.66. The van der Waals surface area contributed by atoms with E-state index in [2.05, 4.69) is 65.6 Å². The van der Waals surface area contributed by atoms with Crippen LogP contribution in [0, 0.1) is 0 Å². The van der Waals surface area contributed by atoms with E-state index >= 15 is 0 Å². The molecule has 0 saturated carbocycles. The monoisotopic (exact) mass is 327 g/mol. The first-order chi connectivity index (χ1) is 11.8. The lowest BCUT2D eigenvalue weighted by Crippen LogP contribution is -1.84. The topological polar surface area (TPSA) is 15.8 Å². The van der Waals surface area contributed by atoms with Gasteiger partial charge in [0, 0.05) is 21.7 Å². The molecule has 0 fully saturated rings. The van der Waals surface area contributed by atoms with Crippen molar-refractivity contribution in [2.75, 3.05) is 0 Å². The zero-order valence-corrected chi connectivity index (χ0v) is 13.6. The number of benzene rings is 4. The summed E-state index contributed by atoms with van der Waals surface area (Å²) in [4.78, 5) is 3.56. The van der Waals surface area contributed by atoms with E-state index in [1.807, 2.05) is 18.2 Å². The van der Waals surface area contributed by atoms with Gasteiger partial charge >= 0.3 is 0 Å². The predicted molar refractivity (Wildman–Crippen MR) is 104 cm³/mol. The Hall–Kier alpha value is -2.77. The predicted octanol–water partition coefficient (Wildman–Crippen LogP) is 6.79. The van der Waals surface area contributed by atoms with Crippen molar-refractivity contribution in [1.29, 1.82) is 0 Å². The second-order valence-corrected chi connectivity index (χ2v) is 6.45. The highest BCUT2D eigenvalue weighted by atomic mass is 35.5. The standard InChI is InChI=1S/C22H14ClN/c23-19-11-6-10-16-17(14-7-2-1-3-8-14)13-18-15-9-4-5-12-20(15)24-22(18)21(16)19/h1-13,24H. The second-order valence-electron chi connectivity index (χ2n) is 6.05. The van der Waals surface area contributed by atoms with E-state index in [1.54, 1.807) is 0 Å². The average Bonchev–Trinajstić information content (AvgIpc) is 3.00. The van der Waals surface area contributed by atoms with Gasteiger partial charge in [-0.15, -0.1) is 0 Å². The zero-order chi connectivity index (χ0) is 16.1. The van der Waals surface area contributed by atoms with E-state index in [0.717, 1.165) is 21.4 Å². The Morgan fingerprint density at radius 2 is 1.42 bits per heavy atom. The van der Waals surface area contributed by atoms with Crippen LogP contribution in [0.2, 0.25) is 5.02 Å². The fraction of sp³-hybridized carbons (Fsp3) is 0. The molecule has 1 heterocycles. The van der Waals surface area contributed by atoms with E-state index in [1.165, 1.54) is 27.3 Å². The number of halogens is 1. The van der Waals surface area contributed by atoms with E-state index in [4.69, 9.17) is 11.6 Å². The largest absolute Gasteiger partial charge is 0.354 e. The first kappa shape index (κ1) is 13.6. The minimum absolute atomic E-state index is 0.779. The van der Waals surface area contributed by atoms with Crippen LogP contribution in [0.25, 0.3) is 43.7 Å². The molecule has 24 heavy (non-hydrogen) atoms. The minimum atomic E-state index is 0.779. The number of aromatic nitrogens is 1. The molecular weight excluding hydrogens is 314 g/mol. The summed E-state index contributed by atoms with van der Waals surface area (Å²) in [6, 6.07) is 27.3. The van der Waals surface area contributed by atoms with Crippen LogP contribution in [0.3, 0.4) is 0 Å². The summed E-state index contributed by atoms with van der Waals surface area (Å²) in [6.07, 6.45) is 0. The van der Waals surface area contributed by atoms with Gasteiger partial charge in [-0.1, -0.05) is 72.3 Å². The highest BCUT2D eigenvalue weighted by Crippen LogP contribution is 2.40. The normalized spacial score (nSPS) is 11.5. The molecule has 5 aromatic rings. The van der Waals surface area contributed by atoms with Crippen LogP contribution in [0.4, 0.5) is 0 Å². The van der Waals surface area contributed by atoms with Crippen molar-refractivity contribution in [2.24, 2.45) is 0 Å². The van der Waals surface area contributed by atoms with Crippen molar-refractivity contribution >= 4 is 44.2 Å². The first-order valence-corrected chi connectivity index (χ1v) is 8.38. The summed E-state index contributed by atoms with van der Waals surface area (Å²) >= 11 is 6.60. The number of para-hydroxylation sites is 1. The van der Waals surface area contributed by atoms with Crippen LogP contribution in [0.15, 0.2) is 78.9 Å². The van der Waals surface area contributed by atoms with Gasteiger partial charge in [-0.3, -0.25) is 0 Å². The molecule has 0 spiro atoms. The van der Waals surface area contributed by atoms with E-state index < -0.39 is 0 Å². The molecule has 0 aliphatic carbocycles. The highest BCUT2D eigenvalue weighted by molar-refractivity contribution is 6.39. The van der Waals surface area contributed by atoms with Gasteiger partial charge in [-0.25, -0.2) is 0 Å². The van der Waals surface area contributed by atoms with Crippen molar-refractivity contribution < 1.29 is 0 Å². The zero-order valence-electron chi connectivity index (χ0n) is 12.9. The summed E-state index contributed by atoms with van der Waals surface area (Å²) in [5.74, 6) is 0. The number of hydrogen-bond donors (Lipinski definition) is 1. The maximum absolute atomic E-state index is 6.60. The average molecular weight is 328 g/mol. The summed E-state index contributed by atoms with van der Waals surface area (Å²) < 4.78 is 0. The van der Waals surface area contributed by atoms with Crippen LogP contribution in [-0.2, 0) is 0 Å². The van der Waals surface area contributed by atoms with Gasteiger partial charge < -0.3 is 4.98 Å². The maximum atomic E-state index is 6.60. The smallest absolute Gasteiger partial charge is 0.0560 e. The van der Waals surface area contributed by atoms with Crippen molar-refractivity contribution in [1.82, 2.24) is 4.98 Å². The summed E-state index contributed by atoms with van der Waals surface area (Å²) in [5, 5.41) is 5.48. The third-order valence-corrected chi connectivity index (χ3v) is 4.99. The Balaban J connectivity index is 2.05. The molecule has 0 radical (unpaired) electrons. The van der Waals surface area contributed by atoms with E-state index in [-0.39, 0.29) is 0 Å². The molecule has 1 nitrogen and oxygen atoms in total. The van der Waals surface area contributed by atoms with Gasteiger partial charge in [0.15, 0.2) is 0 Å². The van der Waals surface area contributed by atoms with Crippen LogP contribution in [0.5, 0.6) is 0 Å². The van der Waals surface area contributed by atoms with Gasteiger partial charge in [0.25, 0.3) is 0 Å². The van der Waals surface area contributed by atoms with Gasteiger partial charge in [-0.2, -0.15) is 0 Å². The number of rotatable bonds is 1. The Labute approximate surface area is 144 Å². The number of aromatic amines is 1. The number of H-pyrrole nitrogens is 1. The molecule has 0 amide bonds. The van der Waals surface area contributed by atoms with E-state index in [9.17, 15) is 0 Å². The Kier molecular flexibility index (Phi) is 2.91. The molecule has 0 saturated heterocycles. The molecule has 1 aromatic heterocycles. The van der Waals surface area contributed by atoms with Gasteiger partial charge in [0.05, 0.1) is 10.5 Å². The number of hydrogen-bond acceptors (Lipinski definition) is 0. The third-order valence-electron chi connectivity index (χ3n) is 4.67. The molecular formula is C22H14ClN. The minimum Gasteiger partial charge on any atom is -0.354 e. The van der Waals surface area contributed by atoms with Gasteiger partial charge in [0.2, 0.25) is 0 Å². The van der Waals surface area contributed by atoms with Crippen LogP contribution < -0.4 is 0 Å². The molecule has 0 unspecified atom stereocenters. The van der Waals surface area contributed by atoms with Crippen molar-refractivity contribution in [3.8, 4) is 11.1 Å². The van der Waals surface area contributed by atoms with Crippen LogP contribution in [0.1, 0.15) is 0 Å². The Morgan fingerprint density at radius 1 is 0.667 bits per heavy atom. The van der Waals surface area contributed by atoms with Crippen LogP contribution >= 0.6 is 11.6 Å². The summed E-state index contributed by atoms with van der Waals surface area (Å²) in [6.45, 7) is 0. The fourth-order valence-electron chi connectivity index (χ4n) is 3.59. The first-order valence-electron chi connectivity index (χ1n) is 8.00. The van der Waals surface area contributed by atoms with Crippen molar-refractivity contribution in [3.63, 3.8) is 0 Å². The molecule has 114 valence electrons. The van der Waals surface area contributed by atoms with Gasteiger partial charge in [-0.05, 0) is 34.7 Å². The lowest BCUT2D eigenvalue weighted by molar-refractivity contribution is 1.56. The summed E-state index contributed by atoms with van der Waals surface area (Å²) in [7, 11) is 0.